The van der Waals surface area contributed by atoms with Gasteiger partial charge in [0.15, 0.2) is 0 Å². The highest BCUT2D eigenvalue weighted by atomic mass is 35.5. The van der Waals surface area contributed by atoms with Crippen molar-refractivity contribution in [2.24, 2.45) is 0 Å². The van der Waals surface area contributed by atoms with Crippen molar-refractivity contribution in [1.29, 1.82) is 5.26 Å². The van der Waals surface area contributed by atoms with E-state index in [1.54, 1.807) is 12.1 Å². The normalized spacial score (nSPS) is 9.85. The van der Waals surface area contributed by atoms with Crippen LogP contribution in [-0.4, -0.2) is 6.61 Å². The number of anilines is 1. The maximum absolute atomic E-state index is 8.93. The molecule has 0 saturated carbocycles. The van der Waals surface area contributed by atoms with Gasteiger partial charge in [0.1, 0.15) is 11.8 Å². The quantitative estimate of drug-likeness (QED) is 0.895. The zero-order chi connectivity index (χ0) is 14.4. The van der Waals surface area contributed by atoms with Gasteiger partial charge in [-0.25, -0.2) is 0 Å². The monoisotopic (exact) mass is 286 g/mol. The van der Waals surface area contributed by atoms with Gasteiger partial charge in [-0.2, -0.15) is 5.26 Å². The minimum atomic E-state index is 0.471. The van der Waals surface area contributed by atoms with Crippen LogP contribution in [0.1, 0.15) is 18.1 Å². The maximum Gasteiger partial charge on any atom is 0.119 e. The van der Waals surface area contributed by atoms with E-state index in [1.165, 1.54) is 0 Å². The van der Waals surface area contributed by atoms with Gasteiger partial charge in [0.25, 0.3) is 0 Å². The first-order valence-corrected chi connectivity index (χ1v) is 6.76. The average molecular weight is 287 g/mol. The first-order chi connectivity index (χ1) is 9.72. The van der Waals surface area contributed by atoms with Crippen molar-refractivity contribution < 1.29 is 4.74 Å². The fourth-order valence-electron chi connectivity index (χ4n) is 1.80. The Labute approximate surface area is 123 Å². The van der Waals surface area contributed by atoms with Gasteiger partial charge in [-0.3, -0.25) is 0 Å². The molecule has 0 aliphatic heterocycles. The highest BCUT2D eigenvalue weighted by Crippen LogP contribution is 2.20. The smallest absolute Gasteiger partial charge is 0.119 e. The summed E-state index contributed by atoms with van der Waals surface area (Å²) in [7, 11) is 0. The summed E-state index contributed by atoms with van der Waals surface area (Å²) in [6, 6.07) is 15.3. The standard InChI is InChI=1S/C16H15ClN2O/c1-2-20-15-6-3-12(4-7-15)11-19-14-5-8-16(17)13(9-14)10-18/h3-9,19H,2,11H2,1H3. The van der Waals surface area contributed by atoms with Crippen molar-refractivity contribution in [2.75, 3.05) is 11.9 Å². The molecule has 0 heterocycles. The lowest BCUT2D eigenvalue weighted by Gasteiger charge is -2.08. The topological polar surface area (TPSA) is 45.0 Å². The van der Waals surface area contributed by atoms with Crippen LogP contribution in [0.3, 0.4) is 0 Å². The van der Waals surface area contributed by atoms with E-state index in [2.05, 4.69) is 11.4 Å². The Bertz CT molecular complexity index is 617. The third kappa shape index (κ3) is 3.66. The van der Waals surface area contributed by atoms with Crippen LogP contribution < -0.4 is 10.1 Å². The second kappa shape index (κ2) is 6.83. The molecule has 0 aromatic heterocycles. The van der Waals surface area contributed by atoms with Gasteiger partial charge in [0.2, 0.25) is 0 Å². The number of nitrogens with zero attached hydrogens (tertiary/aromatic N) is 1. The first-order valence-electron chi connectivity index (χ1n) is 6.38. The summed E-state index contributed by atoms with van der Waals surface area (Å²) in [6.45, 7) is 3.31. The first kappa shape index (κ1) is 14.2. The minimum absolute atomic E-state index is 0.471. The van der Waals surface area contributed by atoms with Gasteiger partial charge >= 0.3 is 0 Å². The summed E-state index contributed by atoms with van der Waals surface area (Å²) in [6.07, 6.45) is 0. The zero-order valence-electron chi connectivity index (χ0n) is 11.2. The summed E-state index contributed by atoms with van der Waals surface area (Å²) in [5.74, 6) is 0.870. The summed E-state index contributed by atoms with van der Waals surface area (Å²) in [5.41, 5.74) is 2.49. The Morgan fingerprint density at radius 3 is 2.60 bits per heavy atom. The second-order valence-corrected chi connectivity index (χ2v) is 4.64. The van der Waals surface area contributed by atoms with Gasteiger partial charge in [-0.15, -0.1) is 0 Å². The lowest BCUT2D eigenvalue weighted by Crippen LogP contribution is -2.00. The van der Waals surface area contributed by atoms with Crippen LogP contribution in [0, 0.1) is 11.3 Å². The van der Waals surface area contributed by atoms with Gasteiger partial charge in [0.05, 0.1) is 17.2 Å². The van der Waals surface area contributed by atoms with Gasteiger partial charge in [-0.1, -0.05) is 23.7 Å². The van der Waals surface area contributed by atoms with Crippen molar-refractivity contribution in [2.45, 2.75) is 13.5 Å². The largest absolute Gasteiger partial charge is 0.494 e. The lowest BCUT2D eigenvalue weighted by molar-refractivity contribution is 0.340. The Morgan fingerprint density at radius 1 is 1.20 bits per heavy atom. The number of hydrogen-bond acceptors (Lipinski definition) is 3. The van der Waals surface area contributed by atoms with Crippen LogP contribution in [0.25, 0.3) is 0 Å². The number of hydrogen-bond donors (Lipinski definition) is 1. The molecule has 0 spiro atoms. The van der Waals surface area contributed by atoms with Crippen LogP contribution in [0.15, 0.2) is 42.5 Å². The predicted octanol–water partition coefficient (Wildman–Crippen LogP) is 4.22. The molecule has 0 bridgehead atoms. The molecule has 3 nitrogen and oxygen atoms in total. The fraction of sp³-hybridized carbons (Fsp3) is 0.188. The fourth-order valence-corrected chi connectivity index (χ4v) is 1.96. The van der Waals surface area contributed by atoms with E-state index >= 15 is 0 Å². The minimum Gasteiger partial charge on any atom is -0.494 e. The lowest BCUT2D eigenvalue weighted by atomic mass is 10.2. The van der Waals surface area contributed by atoms with Gasteiger partial charge in [-0.05, 0) is 42.8 Å². The molecule has 20 heavy (non-hydrogen) atoms. The number of nitriles is 1. The highest BCUT2D eigenvalue weighted by Gasteiger charge is 2.01. The number of nitrogens with one attached hydrogen (secondary N) is 1. The molecule has 0 amide bonds. The molecule has 4 heteroatoms. The number of halogens is 1. The molecule has 2 rings (SSSR count). The van der Waals surface area contributed by atoms with Crippen molar-refractivity contribution in [3.8, 4) is 11.8 Å². The summed E-state index contributed by atoms with van der Waals surface area (Å²) < 4.78 is 5.40. The molecule has 1 N–H and O–H groups in total. The van der Waals surface area contributed by atoms with E-state index in [1.807, 2.05) is 37.3 Å². The second-order valence-electron chi connectivity index (χ2n) is 4.24. The SMILES string of the molecule is CCOc1ccc(CNc2ccc(Cl)c(C#N)c2)cc1. The highest BCUT2D eigenvalue weighted by molar-refractivity contribution is 6.31. The maximum atomic E-state index is 8.93. The molecule has 0 atom stereocenters. The van der Waals surface area contributed by atoms with Crippen LogP contribution in [-0.2, 0) is 6.54 Å². The molecule has 102 valence electrons. The average Bonchev–Trinajstić information content (AvgIpc) is 2.48. The van der Waals surface area contributed by atoms with E-state index in [-0.39, 0.29) is 0 Å². The molecule has 0 fully saturated rings. The van der Waals surface area contributed by atoms with Crippen molar-refractivity contribution in [1.82, 2.24) is 0 Å². The summed E-state index contributed by atoms with van der Waals surface area (Å²) in [4.78, 5) is 0. The molecular formula is C16H15ClN2O. The van der Waals surface area contributed by atoms with Crippen LogP contribution in [0.4, 0.5) is 5.69 Å². The Hall–Kier alpha value is -2.18. The Morgan fingerprint density at radius 2 is 1.95 bits per heavy atom. The Kier molecular flexibility index (Phi) is 4.86. The predicted molar refractivity (Wildman–Crippen MR) is 81.1 cm³/mol. The van der Waals surface area contributed by atoms with Crippen molar-refractivity contribution in [3.63, 3.8) is 0 Å². The molecule has 0 aliphatic rings. The Balaban J connectivity index is 2.00. The molecule has 2 aromatic carbocycles. The third-order valence-electron chi connectivity index (χ3n) is 2.82. The molecule has 0 aliphatic carbocycles. The summed E-state index contributed by atoms with van der Waals surface area (Å²) in [5, 5.41) is 12.7. The van der Waals surface area contributed by atoms with Crippen molar-refractivity contribution >= 4 is 17.3 Å². The van der Waals surface area contributed by atoms with Crippen LogP contribution in [0.2, 0.25) is 5.02 Å². The molecule has 2 aromatic rings. The number of rotatable bonds is 5. The van der Waals surface area contributed by atoms with Crippen molar-refractivity contribution in [3.05, 3.63) is 58.6 Å². The molecule has 0 unspecified atom stereocenters. The summed E-state index contributed by atoms with van der Waals surface area (Å²) >= 11 is 5.90. The van der Waals surface area contributed by atoms with Gasteiger partial charge < -0.3 is 10.1 Å². The zero-order valence-corrected chi connectivity index (χ0v) is 11.9. The van der Waals surface area contributed by atoms with E-state index in [4.69, 9.17) is 21.6 Å². The molecule has 0 saturated heterocycles. The van der Waals surface area contributed by atoms with Crippen LogP contribution >= 0.6 is 11.6 Å². The van der Waals surface area contributed by atoms with E-state index in [0.717, 1.165) is 17.0 Å². The van der Waals surface area contributed by atoms with E-state index in [0.29, 0.717) is 23.7 Å². The molecule has 0 radical (unpaired) electrons. The van der Waals surface area contributed by atoms with Gasteiger partial charge in [0, 0.05) is 12.2 Å². The van der Waals surface area contributed by atoms with E-state index in [9.17, 15) is 0 Å². The molecular weight excluding hydrogens is 272 g/mol. The third-order valence-corrected chi connectivity index (χ3v) is 3.15. The van der Waals surface area contributed by atoms with Crippen LogP contribution in [0.5, 0.6) is 5.75 Å². The number of benzene rings is 2. The van der Waals surface area contributed by atoms with E-state index < -0.39 is 0 Å². The number of ether oxygens (including phenoxy) is 1.